The topological polar surface area (TPSA) is 54.0 Å². The Labute approximate surface area is 227 Å². The summed E-state index contributed by atoms with van der Waals surface area (Å²) in [5, 5.41) is 2.42. The first-order chi connectivity index (χ1) is 17.6. The van der Waals surface area contributed by atoms with Crippen molar-refractivity contribution in [3.8, 4) is 0 Å². The van der Waals surface area contributed by atoms with Gasteiger partial charge < -0.3 is 17.7 Å². The number of carbonyl (C=O) groups is 1. The molecule has 0 saturated carbocycles. The number of ether oxygens (including phenoxy) is 2. The van der Waals surface area contributed by atoms with E-state index in [1.165, 1.54) is 5.19 Å². The molecular weight excluding hydrogens is 546 g/mol. The Morgan fingerprint density at radius 2 is 1.34 bits per heavy atom. The smallest absolute Gasteiger partial charge is 0.348 e. The number of rotatable bonds is 12. The molecular formula is C27H39F3O5Si3. The number of methoxy groups -OCH3 is 1. The molecule has 11 heteroatoms. The van der Waals surface area contributed by atoms with Crippen molar-refractivity contribution in [3.05, 3.63) is 84.9 Å². The molecule has 0 aliphatic heterocycles. The summed E-state index contributed by atoms with van der Waals surface area (Å²) in [4.78, 5) is 11.6. The Balaban J connectivity index is 0.000000905. The maximum Gasteiger partial charge on any atom is 0.348 e. The fraction of sp³-hybridized carbons (Fsp3) is 0.370. The van der Waals surface area contributed by atoms with Gasteiger partial charge in [0.25, 0.3) is 0 Å². The number of esters is 1. The van der Waals surface area contributed by atoms with Crippen LogP contribution in [0.5, 0.6) is 0 Å². The van der Waals surface area contributed by atoms with Crippen molar-refractivity contribution >= 4 is 41.5 Å². The van der Waals surface area contributed by atoms with Crippen LogP contribution >= 0.6 is 0 Å². The van der Waals surface area contributed by atoms with Crippen molar-refractivity contribution in [1.29, 1.82) is 0 Å². The second-order valence-electron chi connectivity index (χ2n) is 9.91. The normalized spacial score (nSPS) is 12.9. The van der Waals surface area contributed by atoms with Crippen molar-refractivity contribution in [1.82, 2.24) is 0 Å². The molecule has 2 aromatic carbocycles. The molecule has 38 heavy (non-hydrogen) atoms. The Kier molecular flexibility index (Phi) is 13.4. The fourth-order valence-corrected chi connectivity index (χ4v) is 17.0. The molecule has 0 aromatic heterocycles. The second kappa shape index (κ2) is 15.2. The van der Waals surface area contributed by atoms with E-state index in [1.54, 1.807) is 6.92 Å². The molecule has 0 radical (unpaired) electrons. The predicted octanol–water partition coefficient (Wildman–Crippen LogP) is 6.49. The van der Waals surface area contributed by atoms with E-state index in [0.717, 1.165) is 24.8 Å². The molecule has 0 amide bonds. The molecule has 0 aliphatic rings. The molecule has 0 N–H and O–H groups in total. The average Bonchev–Trinajstić information content (AvgIpc) is 2.86. The minimum absolute atomic E-state index is 0.331. The predicted molar refractivity (Wildman–Crippen MR) is 153 cm³/mol. The maximum atomic E-state index is 11.6. The lowest BCUT2D eigenvalue weighted by molar-refractivity contribution is -0.138. The third kappa shape index (κ3) is 11.5. The molecule has 0 spiro atoms. The molecule has 0 bridgehead atoms. The van der Waals surface area contributed by atoms with Gasteiger partial charge in [0.15, 0.2) is 8.32 Å². The number of hydrogen-bond donors (Lipinski definition) is 0. The monoisotopic (exact) mass is 584 g/mol. The lowest BCUT2D eigenvalue weighted by Crippen LogP contribution is -2.64. The van der Waals surface area contributed by atoms with E-state index in [4.69, 9.17) is 13.0 Å². The Hall–Kier alpha value is -2.45. The van der Waals surface area contributed by atoms with Crippen LogP contribution in [-0.4, -0.2) is 44.9 Å². The van der Waals surface area contributed by atoms with Crippen LogP contribution in [0.2, 0.25) is 38.8 Å². The molecule has 210 valence electrons. The summed E-state index contributed by atoms with van der Waals surface area (Å²) in [6, 6.07) is 19.9. The van der Waals surface area contributed by atoms with Crippen LogP contribution < -0.4 is 10.4 Å². The van der Waals surface area contributed by atoms with E-state index < -0.39 is 37.3 Å². The van der Waals surface area contributed by atoms with Crippen molar-refractivity contribution < 1.29 is 35.7 Å². The van der Waals surface area contributed by atoms with Gasteiger partial charge in [-0.15, -0.1) is 0 Å². The Bertz CT molecular complexity index is 1060. The van der Waals surface area contributed by atoms with Crippen LogP contribution in [0.15, 0.2) is 84.9 Å². The van der Waals surface area contributed by atoms with Gasteiger partial charge >= 0.3 is 26.6 Å². The molecule has 2 aromatic rings. The number of hydrogen-bond acceptors (Lipinski definition) is 5. The molecule has 1 unspecified atom stereocenters. The van der Waals surface area contributed by atoms with Crippen molar-refractivity contribution in [2.24, 2.45) is 0 Å². The Morgan fingerprint density at radius 3 is 1.76 bits per heavy atom. The van der Waals surface area contributed by atoms with E-state index >= 15 is 0 Å². The highest BCUT2D eigenvalue weighted by molar-refractivity contribution is 6.98. The summed E-state index contributed by atoms with van der Waals surface area (Å²) >= 11 is 0. The fourth-order valence-electron chi connectivity index (χ4n) is 3.71. The van der Waals surface area contributed by atoms with Crippen LogP contribution in [0.1, 0.15) is 13.3 Å². The van der Waals surface area contributed by atoms with E-state index in [9.17, 15) is 18.0 Å². The zero-order valence-corrected chi connectivity index (χ0v) is 26.3. The first-order valence-corrected chi connectivity index (χ1v) is 20.6. The number of carbonyl (C=O) groups excluding carboxylic acids is 1. The molecule has 0 fully saturated rings. The highest BCUT2D eigenvalue weighted by Gasteiger charge is 2.45. The van der Waals surface area contributed by atoms with Crippen LogP contribution in [0, 0.1) is 0 Å². The van der Waals surface area contributed by atoms with Crippen molar-refractivity contribution in [3.63, 3.8) is 0 Å². The summed E-state index contributed by atoms with van der Waals surface area (Å²) in [5.41, 5.74) is 0.429. The van der Waals surface area contributed by atoms with E-state index in [1.807, 2.05) is 12.1 Å². The third-order valence-corrected chi connectivity index (χ3v) is 17.6. The molecule has 1 atom stereocenters. The van der Waals surface area contributed by atoms with Gasteiger partial charge in [-0.3, -0.25) is 0 Å². The molecule has 0 aliphatic carbocycles. The number of halogens is 3. The van der Waals surface area contributed by atoms with Crippen LogP contribution in [0.3, 0.4) is 0 Å². The molecule has 0 heterocycles. The van der Waals surface area contributed by atoms with Gasteiger partial charge in [0.2, 0.25) is 8.32 Å². The lowest BCUT2D eigenvalue weighted by atomic mass is 10.4. The zero-order chi connectivity index (χ0) is 29.0. The minimum Gasteiger partial charge on any atom is -0.470 e. The van der Waals surface area contributed by atoms with Gasteiger partial charge in [-0.25, -0.2) is 4.79 Å². The van der Waals surface area contributed by atoms with Crippen molar-refractivity contribution in [2.45, 2.75) is 52.1 Å². The average molecular weight is 585 g/mol. The lowest BCUT2D eigenvalue weighted by Gasteiger charge is -2.41. The highest BCUT2D eigenvalue weighted by atomic mass is 28.5. The van der Waals surface area contributed by atoms with Crippen LogP contribution in [-0.2, 0) is 22.5 Å². The largest absolute Gasteiger partial charge is 0.470 e. The third-order valence-electron chi connectivity index (χ3n) is 5.52. The van der Waals surface area contributed by atoms with Gasteiger partial charge in [-0.2, -0.15) is 13.2 Å². The minimum atomic E-state index is -2.68. The van der Waals surface area contributed by atoms with E-state index in [-0.39, 0.29) is 5.97 Å². The Morgan fingerprint density at radius 1 is 0.842 bits per heavy atom. The van der Waals surface area contributed by atoms with Gasteiger partial charge in [-0.1, -0.05) is 67.2 Å². The summed E-state index contributed by atoms with van der Waals surface area (Å²) in [6.07, 6.45) is -1.65. The molecule has 2 rings (SSSR count). The first kappa shape index (κ1) is 33.6. The highest BCUT2D eigenvalue weighted by Crippen LogP contribution is 2.24. The number of benzene rings is 2. The maximum absolute atomic E-state index is 11.6. The zero-order valence-electron chi connectivity index (χ0n) is 23.3. The quantitative estimate of drug-likeness (QED) is 0.0938. The summed E-state index contributed by atoms with van der Waals surface area (Å²) in [6.45, 7) is 16.8. The van der Waals surface area contributed by atoms with E-state index in [0.29, 0.717) is 12.2 Å². The SMILES string of the molecule is C=C(C)C(=O)OCCC[Si](C)(C)O[Si](C)(O[Si](C)(C)c1ccccc1)c1ccccc1.COC(F)=C(F)F. The summed E-state index contributed by atoms with van der Waals surface area (Å²) in [7, 11) is -6.11. The second-order valence-corrected chi connectivity index (χ2v) is 21.6. The van der Waals surface area contributed by atoms with E-state index in [2.05, 4.69) is 92.6 Å². The van der Waals surface area contributed by atoms with Crippen LogP contribution in [0.25, 0.3) is 0 Å². The summed E-state index contributed by atoms with van der Waals surface area (Å²) < 4.78 is 55.5. The van der Waals surface area contributed by atoms with Gasteiger partial charge in [-0.05, 0) is 62.5 Å². The molecule has 0 saturated heterocycles. The van der Waals surface area contributed by atoms with Crippen LogP contribution in [0.4, 0.5) is 13.2 Å². The van der Waals surface area contributed by atoms with Gasteiger partial charge in [0.05, 0.1) is 13.7 Å². The summed E-state index contributed by atoms with van der Waals surface area (Å²) in [5.74, 6) is -0.331. The van der Waals surface area contributed by atoms with Gasteiger partial charge in [0, 0.05) is 5.57 Å². The molecule has 5 nitrogen and oxygen atoms in total. The standard InChI is InChI=1S/C24H36O4Si3.C3H3F3O/c1-21(2)24(25)26-19-14-20-29(3,4)27-31(7,23-17-12-9-13-18-23)28-30(5,6)22-15-10-8-11-16-22;1-7-3(6)2(4)5/h8-13,15-18H,1,14,19-20H2,2-7H3;1H3. The van der Waals surface area contributed by atoms with Gasteiger partial charge in [0.1, 0.15) is 0 Å². The first-order valence-electron chi connectivity index (χ1n) is 12.2. The van der Waals surface area contributed by atoms with Crippen molar-refractivity contribution in [2.75, 3.05) is 13.7 Å².